The Morgan fingerprint density at radius 1 is 1.27 bits per heavy atom. The first-order chi connectivity index (χ1) is 6.42. The molecule has 0 bridgehead atoms. The molecule has 0 aliphatic heterocycles. The van der Waals surface area contributed by atoms with Crippen LogP contribution in [0.2, 0.25) is 0 Å². The molecule has 78 valence electrons. The third-order valence-corrected chi connectivity index (χ3v) is 1.68. The molecule has 0 atom stereocenters. The summed E-state index contributed by atoms with van der Waals surface area (Å²) in [5.41, 5.74) is 0.00995. The average Bonchev–Trinajstić information content (AvgIpc) is 2.06. The molecule has 1 aromatic rings. The maximum absolute atomic E-state index is 12.8. The molecule has 0 spiro atoms. The van der Waals surface area contributed by atoms with Gasteiger partial charge in [0.15, 0.2) is 11.6 Å². The fourth-order valence-corrected chi connectivity index (χ4v) is 1.10. The van der Waals surface area contributed by atoms with E-state index in [-0.39, 0.29) is 62.7 Å². The second-order valence-corrected chi connectivity index (χ2v) is 2.88. The fourth-order valence-electron chi connectivity index (χ4n) is 1.10. The summed E-state index contributed by atoms with van der Waals surface area (Å²) < 4.78 is 53.4. The quantitative estimate of drug-likeness (QED) is 0.528. The van der Waals surface area contributed by atoms with E-state index < -0.39 is 19.1 Å². The van der Waals surface area contributed by atoms with Crippen LogP contribution in [0.15, 0.2) is 18.2 Å². The van der Waals surface area contributed by atoms with Crippen LogP contribution in [-0.4, -0.2) is 14.1 Å². The summed E-state index contributed by atoms with van der Waals surface area (Å²) in [7, 11) is 1.21. The van der Waals surface area contributed by atoms with Crippen molar-refractivity contribution in [2.24, 2.45) is 0 Å². The summed E-state index contributed by atoms with van der Waals surface area (Å²) >= 11 is 0. The Hall–Kier alpha value is 0.441. The molecule has 0 radical (unpaired) electrons. The first-order valence-corrected chi connectivity index (χ1v) is 3.96. The van der Waals surface area contributed by atoms with E-state index in [1.807, 2.05) is 0 Å². The van der Waals surface area contributed by atoms with E-state index in [9.17, 15) is 17.3 Å². The van der Waals surface area contributed by atoms with Crippen molar-refractivity contribution in [2.45, 2.75) is 6.32 Å². The molecule has 0 amide bonds. The van der Waals surface area contributed by atoms with Crippen LogP contribution >= 0.6 is 0 Å². The van der Waals surface area contributed by atoms with Gasteiger partial charge in [-0.15, -0.1) is 0 Å². The minimum absolute atomic E-state index is 0. The molecule has 1 rings (SSSR count). The standard InChI is InChI=1S/C8H8BF4O.K/c1-14-8-4-6(2-3-7(8)10)5-9(11,12)13;/h2-4H,5H2,1H3;/q-1;+1. The van der Waals surface area contributed by atoms with Crippen LogP contribution < -0.4 is 56.1 Å². The van der Waals surface area contributed by atoms with E-state index in [0.29, 0.717) is 0 Å². The van der Waals surface area contributed by atoms with E-state index in [1.165, 1.54) is 7.11 Å². The maximum Gasteiger partial charge on any atom is 1.00 e. The van der Waals surface area contributed by atoms with Gasteiger partial charge in [-0.05, 0) is 12.1 Å². The molecule has 0 saturated heterocycles. The van der Waals surface area contributed by atoms with Gasteiger partial charge in [-0.1, -0.05) is 17.9 Å². The zero-order chi connectivity index (χ0) is 10.8. The number of hydrogen-bond donors (Lipinski definition) is 0. The number of methoxy groups -OCH3 is 1. The van der Waals surface area contributed by atoms with Gasteiger partial charge in [-0.2, -0.15) is 0 Å². The molecule has 0 saturated carbocycles. The SMILES string of the molecule is COc1cc(C[B-](F)(F)F)ccc1F.[K+]. The second-order valence-electron chi connectivity index (χ2n) is 2.88. The van der Waals surface area contributed by atoms with Crippen LogP contribution in [0.3, 0.4) is 0 Å². The molecular formula is C8H8BF4KO. The van der Waals surface area contributed by atoms with Crippen LogP contribution in [-0.2, 0) is 6.32 Å². The fraction of sp³-hybridized carbons (Fsp3) is 0.250. The van der Waals surface area contributed by atoms with Crippen molar-refractivity contribution in [3.05, 3.63) is 29.6 Å². The molecule has 0 aliphatic carbocycles. The molecule has 0 heterocycles. The van der Waals surface area contributed by atoms with Crippen molar-refractivity contribution in [2.75, 3.05) is 7.11 Å². The Kier molecular flexibility index (Phi) is 6.43. The first kappa shape index (κ1) is 15.4. The van der Waals surface area contributed by atoms with Crippen molar-refractivity contribution in [1.82, 2.24) is 0 Å². The first-order valence-electron chi connectivity index (χ1n) is 3.96. The molecule has 1 aromatic carbocycles. The second kappa shape index (κ2) is 6.24. The van der Waals surface area contributed by atoms with Crippen molar-refractivity contribution in [3.63, 3.8) is 0 Å². The number of hydrogen-bond acceptors (Lipinski definition) is 1. The Labute approximate surface area is 128 Å². The van der Waals surface area contributed by atoms with Crippen molar-refractivity contribution in [3.8, 4) is 5.75 Å². The molecule has 0 aromatic heterocycles. The van der Waals surface area contributed by atoms with Gasteiger partial charge in [-0.3, -0.25) is 0 Å². The largest absolute Gasteiger partial charge is 1.00 e. The Bertz CT molecular complexity index is 329. The van der Waals surface area contributed by atoms with Gasteiger partial charge in [0.2, 0.25) is 0 Å². The van der Waals surface area contributed by atoms with E-state index in [1.54, 1.807) is 0 Å². The summed E-state index contributed by atoms with van der Waals surface area (Å²) in [4.78, 5) is 0. The van der Waals surface area contributed by atoms with Crippen molar-refractivity contribution >= 4 is 6.98 Å². The molecule has 15 heavy (non-hydrogen) atoms. The Morgan fingerprint density at radius 2 is 1.87 bits per heavy atom. The number of rotatable bonds is 3. The average molecular weight is 246 g/mol. The number of halogens is 4. The third kappa shape index (κ3) is 5.35. The van der Waals surface area contributed by atoms with Gasteiger partial charge in [0.25, 0.3) is 0 Å². The molecule has 0 unspecified atom stereocenters. The minimum Gasteiger partial charge on any atom is -0.494 e. The zero-order valence-electron chi connectivity index (χ0n) is 8.44. The van der Waals surface area contributed by atoms with Crippen LogP contribution in [0.1, 0.15) is 5.56 Å². The van der Waals surface area contributed by atoms with E-state index in [0.717, 1.165) is 18.2 Å². The summed E-state index contributed by atoms with van der Waals surface area (Å²) in [5, 5.41) is 0. The Balaban J connectivity index is 0.00000196. The van der Waals surface area contributed by atoms with Crippen LogP contribution in [0.5, 0.6) is 5.75 Å². The molecular weight excluding hydrogens is 238 g/mol. The minimum atomic E-state index is -4.89. The molecule has 0 N–H and O–H groups in total. The molecule has 0 fully saturated rings. The van der Waals surface area contributed by atoms with E-state index in [2.05, 4.69) is 4.74 Å². The van der Waals surface area contributed by atoms with Crippen LogP contribution in [0.4, 0.5) is 17.3 Å². The van der Waals surface area contributed by atoms with Crippen molar-refractivity contribution in [1.29, 1.82) is 0 Å². The molecule has 7 heteroatoms. The normalized spacial score (nSPS) is 10.7. The third-order valence-electron chi connectivity index (χ3n) is 1.68. The van der Waals surface area contributed by atoms with Gasteiger partial charge < -0.3 is 17.7 Å². The molecule has 0 aliphatic rings. The smallest absolute Gasteiger partial charge is 0.494 e. The van der Waals surface area contributed by atoms with Gasteiger partial charge in [0.05, 0.1) is 7.11 Å². The van der Waals surface area contributed by atoms with E-state index in [4.69, 9.17) is 0 Å². The van der Waals surface area contributed by atoms with Crippen LogP contribution in [0.25, 0.3) is 0 Å². The Morgan fingerprint density at radius 3 is 2.33 bits per heavy atom. The number of ether oxygens (including phenoxy) is 1. The molecule has 1 nitrogen and oxygen atoms in total. The van der Waals surface area contributed by atoms with Crippen molar-refractivity contribution < 1.29 is 73.5 Å². The summed E-state index contributed by atoms with van der Waals surface area (Å²) in [6.45, 7) is -4.89. The van der Waals surface area contributed by atoms with Gasteiger partial charge >= 0.3 is 58.4 Å². The predicted molar refractivity (Wildman–Crippen MR) is 45.7 cm³/mol. The topological polar surface area (TPSA) is 9.23 Å². The summed E-state index contributed by atoms with van der Waals surface area (Å²) in [5.74, 6) is -0.825. The van der Waals surface area contributed by atoms with E-state index >= 15 is 0 Å². The summed E-state index contributed by atoms with van der Waals surface area (Å²) in [6, 6.07) is 3.13. The monoisotopic (exact) mass is 246 g/mol. The number of benzene rings is 1. The van der Waals surface area contributed by atoms with Crippen LogP contribution in [0, 0.1) is 5.82 Å². The predicted octanol–water partition coefficient (Wildman–Crippen LogP) is -0.233. The van der Waals surface area contributed by atoms with Gasteiger partial charge in [0.1, 0.15) is 0 Å². The zero-order valence-corrected chi connectivity index (χ0v) is 11.6. The van der Waals surface area contributed by atoms with Gasteiger partial charge in [0, 0.05) is 0 Å². The van der Waals surface area contributed by atoms with Gasteiger partial charge in [-0.25, -0.2) is 4.39 Å². The maximum atomic E-state index is 12.8. The summed E-state index contributed by atoms with van der Waals surface area (Å²) in [6.07, 6.45) is -1.02.